The lowest BCUT2D eigenvalue weighted by atomic mass is 10.1. The van der Waals surface area contributed by atoms with Crippen molar-refractivity contribution in [2.45, 2.75) is 27.2 Å². The summed E-state index contributed by atoms with van der Waals surface area (Å²) in [5, 5.41) is 0. The van der Waals surface area contributed by atoms with Crippen LogP contribution in [-0.4, -0.2) is 9.97 Å². The van der Waals surface area contributed by atoms with E-state index in [2.05, 4.69) is 35.3 Å². The van der Waals surface area contributed by atoms with E-state index in [0.717, 1.165) is 34.2 Å². The van der Waals surface area contributed by atoms with Crippen molar-refractivity contribution in [1.82, 2.24) is 9.97 Å². The molecule has 0 fully saturated rings. The smallest absolute Gasteiger partial charge is 0.171 e. The highest BCUT2D eigenvalue weighted by Gasteiger charge is 2.11. The average molecular weight is 248 g/mol. The largest absolute Gasteiger partial charge is 0.308 e. The van der Waals surface area contributed by atoms with Crippen LogP contribution in [0.1, 0.15) is 23.1 Å². The molecule has 0 aliphatic rings. The first-order valence-corrected chi connectivity index (χ1v) is 6.38. The van der Waals surface area contributed by atoms with E-state index >= 15 is 0 Å². The Labute approximate surface area is 105 Å². The van der Waals surface area contributed by atoms with Crippen LogP contribution in [0.2, 0.25) is 0 Å². The molecule has 5 heteroatoms. The zero-order chi connectivity index (χ0) is 12.4. The maximum atomic E-state index is 5.51. The highest BCUT2D eigenvalue weighted by Crippen LogP contribution is 2.27. The molecular formula is C12H16N4S. The molecule has 0 saturated heterocycles. The molecule has 90 valence electrons. The van der Waals surface area contributed by atoms with Crippen LogP contribution in [0.25, 0.3) is 10.7 Å². The summed E-state index contributed by atoms with van der Waals surface area (Å²) in [6, 6.07) is 4.11. The van der Waals surface area contributed by atoms with E-state index in [-0.39, 0.29) is 0 Å². The fourth-order valence-corrected chi connectivity index (χ4v) is 2.61. The second kappa shape index (κ2) is 4.81. The first-order chi connectivity index (χ1) is 8.15. The molecule has 3 N–H and O–H groups in total. The van der Waals surface area contributed by atoms with Gasteiger partial charge in [-0.25, -0.2) is 15.8 Å². The van der Waals surface area contributed by atoms with Crippen LogP contribution < -0.4 is 11.3 Å². The van der Waals surface area contributed by atoms with Crippen molar-refractivity contribution >= 4 is 17.2 Å². The van der Waals surface area contributed by atoms with Crippen molar-refractivity contribution in [2.24, 2.45) is 5.84 Å². The van der Waals surface area contributed by atoms with Gasteiger partial charge in [-0.3, -0.25) is 0 Å². The average Bonchev–Trinajstić information content (AvgIpc) is 2.74. The Morgan fingerprint density at radius 3 is 2.59 bits per heavy atom. The number of nitrogens with one attached hydrogen (secondary N) is 1. The molecule has 2 aromatic rings. The molecule has 2 heterocycles. The Hall–Kier alpha value is -1.46. The minimum atomic E-state index is 0.723. The predicted octanol–water partition coefficient (Wildman–Crippen LogP) is 2.67. The fraction of sp³-hybridized carbons (Fsp3) is 0.333. The van der Waals surface area contributed by atoms with Gasteiger partial charge in [-0.05, 0) is 32.4 Å². The fourth-order valence-electron chi connectivity index (χ4n) is 1.80. The van der Waals surface area contributed by atoms with E-state index in [4.69, 9.17) is 5.84 Å². The van der Waals surface area contributed by atoms with Gasteiger partial charge in [0.25, 0.3) is 0 Å². The zero-order valence-electron chi connectivity index (χ0n) is 10.2. The van der Waals surface area contributed by atoms with Crippen molar-refractivity contribution in [1.29, 1.82) is 0 Å². The van der Waals surface area contributed by atoms with Gasteiger partial charge < -0.3 is 5.43 Å². The molecule has 4 nitrogen and oxygen atoms in total. The van der Waals surface area contributed by atoms with Crippen LogP contribution in [0.15, 0.2) is 12.1 Å². The summed E-state index contributed by atoms with van der Waals surface area (Å²) in [5.41, 5.74) is 4.71. The second-order valence-corrected chi connectivity index (χ2v) is 5.16. The lowest BCUT2D eigenvalue weighted by Crippen LogP contribution is -2.13. The van der Waals surface area contributed by atoms with Crippen LogP contribution in [0.4, 0.5) is 5.82 Å². The number of hydrogen-bond donors (Lipinski definition) is 2. The molecule has 0 saturated carbocycles. The summed E-state index contributed by atoms with van der Waals surface area (Å²) in [4.78, 5) is 11.3. The van der Waals surface area contributed by atoms with Gasteiger partial charge in [-0.2, -0.15) is 0 Å². The van der Waals surface area contributed by atoms with Crippen LogP contribution >= 0.6 is 11.3 Å². The molecule has 2 aromatic heterocycles. The van der Waals surface area contributed by atoms with E-state index in [9.17, 15) is 0 Å². The van der Waals surface area contributed by atoms with Gasteiger partial charge in [0.15, 0.2) is 5.82 Å². The van der Waals surface area contributed by atoms with E-state index in [0.29, 0.717) is 0 Å². The molecule has 0 amide bonds. The lowest BCUT2D eigenvalue weighted by molar-refractivity contribution is 0.997. The van der Waals surface area contributed by atoms with Crippen molar-refractivity contribution in [3.05, 3.63) is 28.3 Å². The van der Waals surface area contributed by atoms with Crippen molar-refractivity contribution in [3.8, 4) is 10.7 Å². The molecule has 0 aliphatic carbocycles. The van der Waals surface area contributed by atoms with Crippen molar-refractivity contribution < 1.29 is 0 Å². The Balaban J connectivity index is 2.53. The summed E-state index contributed by atoms with van der Waals surface area (Å²) in [5.74, 6) is 6.98. The van der Waals surface area contributed by atoms with Gasteiger partial charge >= 0.3 is 0 Å². The third-order valence-corrected chi connectivity index (χ3v) is 3.66. The lowest BCUT2D eigenvalue weighted by Gasteiger charge is -2.10. The number of nitrogens with two attached hydrogens (primary N) is 1. The van der Waals surface area contributed by atoms with E-state index in [1.165, 1.54) is 4.88 Å². The van der Waals surface area contributed by atoms with Crippen molar-refractivity contribution in [2.75, 3.05) is 5.43 Å². The summed E-state index contributed by atoms with van der Waals surface area (Å²) < 4.78 is 0. The quantitative estimate of drug-likeness (QED) is 0.647. The molecule has 0 bridgehead atoms. The number of thiophene rings is 1. The van der Waals surface area contributed by atoms with Gasteiger partial charge in [0.1, 0.15) is 5.82 Å². The van der Waals surface area contributed by atoms with Crippen LogP contribution in [0.3, 0.4) is 0 Å². The Morgan fingerprint density at radius 1 is 1.29 bits per heavy atom. The SMILES string of the molecule is CCc1c(C)nc(-c2ccc(C)s2)nc1NN. The van der Waals surface area contributed by atoms with Gasteiger partial charge in [0.2, 0.25) is 0 Å². The number of hydrogen-bond acceptors (Lipinski definition) is 5. The Morgan fingerprint density at radius 2 is 2.06 bits per heavy atom. The number of anilines is 1. The first-order valence-electron chi connectivity index (χ1n) is 5.56. The molecule has 0 aromatic carbocycles. The summed E-state index contributed by atoms with van der Waals surface area (Å²) in [6.45, 7) is 6.14. The van der Waals surface area contributed by atoms with Crippen LogP contribution in [0.5, 0.6) is 0 Å². The van der Waals surface area contributed by atoms with Crippen molar-refractivity contribution in [3.63, 3.8) is 0 Å². The molecule has 0 radical (unpaired) electrons. The van der Waals surface area contributed by atoms with E-state index in [1.807, 2.05) is 13.0 Å². The standard InChI is InChI=1S/C12H16N4S/c1-4-9-8(3)14-12(15-11(9)16-13)10-6-5-7(2)17-10/h5-6H,4,13H2,1-3H3,(H,14,15,16). The maximum absolute atomic E-state index is 5.51. The second-order valence-electron chi connectivity index (χ2n) is 3.87. The molecule has 0 atom stereocenters. The number of aryl methyl sites for hydroxylation is 2. The van der Waals surface area contributed by atoms with Gasteiger partial charge in [0.05, 0.1) is 4.88 Å². The number of rotatable bonds is 3. The summed E-state index contributed by atoms with van der Waals surface area (Å²) in [7, 11) is 0. The molecule has 0 unspecified atom stereocenters. The minimum absolute atomic E-state index is 0.723. The monoisotopic (exact) mass is 248 g/mol. The highest BCUT2D eigenvalue weighted by atomic mass is 32.1. The number of aromatic nitrogens is 2. The Bertz CT molecular complexity index is 533. The minimum Gasteiger partial charge on any atom is -0.308 e. The number of nitrogen functional groups attached to an aromatic ring is 1. The summed E-state index contributed by atoms with van der Waals surface area (Å²) in [6.07, 6.45) is 0.870. The van der Waals surface area contributed by atoms with Gasteiger partial charge in [-0.15, -0.1) is 11.3 Å². The molecule has 2 rings (SSSR count). The molecule has 0 spiro atoms. The third-order valence-electron chi connectivity index (χ3n) is 2.66. The first kappa shape index (κ1) is 12.0. The van der Waals surface area contributed by atoms with Crippen LogP contribution in [0, 0.1) is 13.8 Å². The van der Waals surface area contributed by atoms with Crippen LogP contribution in [-0.2, 0) is 6.42 Å². The molecular weight excluding hydrogens is 232 g/mol. The zero-order valence-corrected chi connectivity index (χ0v) is 11.1. The van der Waals surface area contributed by atoms with E-state index < -0.39 is 0 Å². The van der Waals surface area contributed by atoms with E-state index in [1.54, 1.807) is 11.3 Å². The summed E-state index contributed by atoms with van der Waals surface area (Å²) >= 11 is 1.69. The molecule has 17 heavy (non-hydrogen) atoms. The Kier molecular flexibility index (Phi) is 3.40. The third kappa shape index (κ3) is 2.30. The number of nitrogens with zero attached hydrogens (tertiary/aromatic N) is 2. The highest BCUT2D eigenvalue weighted by molar-refractivity contribution is 7.15. The maximum Gasteiger partial charge on any atom is 0.171 e. The topological polar surface area (TPSA) is 63.8 Å². The molecule has 0 aliphatic heterocycles. The predicted molar refractivity (Wildman–Crippen MR) is 72.0 cm³/mol. The number of hydrazine groups is 1. The van der Waals surface area contributed by atoms with Gasteiger partial charge in [0, 0.05) is 16.1 Å². The normalized spacial score (nSPS) is 10.6. The van der Waals surface area contributed by atoms with Gasteiger partial charge in [-0.1, -0.05) is 6.92 Å².